The Balaban J connectivity index is 1.26. The highest BCUT2D eigenvalue weighted by atomic mass is 16.3. The van der Waals surface area contributed by atoms with Crippen LogP contribution in [0.3, 0.4) is 0 Å². The van der Waals surface area contributed by atoms with Crippen molar-refractivity contribution in [1.29, 1.82) is 0 Å². The molecule has 45 heavy (non-hydrogen) atoms. The third-order valence-corrected chi connectivity index (χ3v) is 8.89. The van der Waals surface area contributed by atoms with Crippen LogP contribution in [0.15, 0.2) is 168 Å². The minimum Gasteiger partial charge on any atom is -0.456 e. The normalized spacial score (nSPS) is 11.6. The second kappa shape index (κ2) is 10.3. The molecular formula is C43H27NO. The highest BCUT2D eigenvalue weighted by Gasteiger charge is 2.17. The van der Waals surface area contributed by atoms with Gasteiger partial charge in [0.25, 0.3) is 0 Å². The molecule has 2 nitrogen and oxygen atoms in total. The van der Waals surface area contributed by atoms with Crippen LogP contribution in [-0.2, 0) is 0 Å². The molecule has 0 unspecified atom stereocenters. The molecule has 2 heterocycles. The van der Waals surface area contributed by atoms with Gasteiger partial charge in [-0.2, -0.15) is 0 Å². The van der Waals surface area contributed by atoms with Gasteiger partial charge in [0.05, 0.1) is 11.2 Å². The number of hydrogen-bond acceptors (Lipinski definition) is 2. The van der Waals surface area contributed by atoms with E-state index in [4.69, 9.17) is 9.40 Å². The van der Waals surface area contributed by atoms with E-state index in [1.807, 2.05) is 18.2 Å². The Labute approximate surface area is 260 Å². The molecule has 0 aliphatic rings. The lowest BCUT2D eigenvalue weighted by atomic mass is 9.89. The van der Waals surface area contributed by atoms with Crippen LogP contribution >= 0.6 is 0 Å². The Morgan fingerprint density at radius 3 is 1.80 bits per heavy atom. The molecule has 0 N–H and O–H groups in total. The van der Waals surface area contributed by atoms with Crippen LogP contribution in [0.5, 0.6) is 0 Å². The van der Waals surface area contributed by atoms with Crippen molar-refractivity contribution in [2.45, 2.75) is 0 Å². The molecule has 0 atom stereocenters. The van der Waals surface area contributed by atoms with Gasteiger partial charge >= 0.3 is 0 Å². The van der Waals surface area contributed by atoms with Gasteiger partial charge in [-0.25, -0.2) is 4.98 Å². The Morgan fingerprint density at radius 2 is 1.00 bits per heavy atom. The molecule has 0 amide bonds. The molecule has 0 bridgehead atoms. The third-order valence-electron chi connectivity index (χ3n) is 8.89. The molecule has 0 radical (unpaired) electrons. The fourth-order valence-electron chi connectivity index (χ4n) is 6.79. The zero-order chi connectivity index (χ0) is 29.7. The van der Waals surface area contributed by atoms with Crippen molar-refractivity contribution in [2.75, 3.05) is 0 Å². The average molecular weight is 574 g/mol. The van der Waals surface area contributed by atoms with Crippen LogP contribution in [0, 0.1) is 0 Å². The maximum absolute atomic E-state index is 6.24. The van der Waals surface area contributed by atoms with Crippen LogP contribution < -0.4 is 0 Å². The zero-order valence-electron chi connectivity index (χ0n) is 24.4. The number of rotatable bonds is 4. The number of aromatic nitrogens is 1. The molecule has 0 aliphatic heterocycles. The van der Waals surface area contributed by atoms with Gasteiger partial charge in [-0.05, 0) is 68.4 Å². The van der Waals surface area contributed by atoms with Gasteiger partial charge in [0.15, 0.2) is 0 Å². The third kappa shape index (κ3) is 4.22. The molecule has 7 aromatic carbocycles. The van der Waals surface area contributed by atoms with E-state index >= 15 is 0 Å². The lowest BCUT2D eigenvalue weighted by Crippen LogP contribution is -1.91. The number of benzene rings is 7. The molecule has 2 heteroatoms. The highest BCUT2D eigenvalue weighted by molar-refractivity contribution is 6.16. The molecule has 210 valence electrons. The van der Waals surface area contributed by atoms with E-state index in [0.717, 1.165) is 49.7 Å². The largest absolute Gasteiger partial charge is 0.456 e. The summed E-state index contributed by atoms with van der Waals surface area (Å²) in [6.45, 7) is 0. The van der Waals surface area contributed by atoms with E-state index in [0.29, 0.717) is 0 Å². The van der Waals surface area contributed by atoms with E-state index in [9.17, 15) is 0 Å². The maximum atomic E-state index is 6.24. The van der Waals surface area contributed by atoms with Crippen molar-refractivity contribution < 1.29 is 4.42 Å². The summed E-state index contributed by atoms with van der Waals surface area (Å²) in [5.74, 6) is 0. The highest BCUT2D eigenvalue weighted by Crippen LogP contribution is 2.42. The summed E-state index contributed by atoms with van der Waals surface area (Å²) in [5, 5.41) is 5.86. The summed E-state index contributed by atoms with van der Waals surface area (Å²) in [6, 6.07) is 57.9. The molecule has 0 fully saturated rings. The van der Waals surface area contributed by atoms with Gasteiger partial charge in [0.1, 0.15) is 11.2 Å². The second-order valence-corrected chi connectivity index (χ2v) is 11.5. The van der Waals surface area contributed by atoms with E-state index in [1.54, 1.807) is 0 Å². The smallest absolute Gasteiger partial charge is 0.136 e. The van der Waals surface area contributed by atoms with E-state index in [1.165, 1.54) is 38.6 Å². The first kappa shape index (κ1) is 25.5. The summed E-state index contributed by atoms with van der Waals surface area (Å²) >= 11 is 0. The fraction of sp³-hybridized carbons (Fsp3) is 0. The fourth-order valence-corrected chi connectivity index (χ4v) is 6.79. The molecule has 2 aromatic heterocycles. The summed E-state index contributed by atoms with van der Waals surface area (Å²) < 4.78 is 6.24. The van der Waals surface area contributed by atoms with E-state index in [2.05, 4.69) is 146 Å². The second-order valence-electron chi connectivity index (χ2n) is 11.5. The van der Waals surface area contributed by atoms with Crippen molar-refractivity contribution in [3.63, 3.8) is 0 Å². The number of para-hydroxylation sites is 1. The van der Waals surface area contributed by atoms with Gasteiger partial charge in [0.2, 0.25) is 0 Å². The topological polar surface area (TPSA) is 26.0 Å². The average Bonchev–Trinajstić information content (AvgIpc) is 3.50. The zero-order valence-corrected chi connectivity index (χ0v) is 24.4. The van der Waals surface area contributed by atoms with Gasteiger partial charge in [-0.1, -0.05) is 140 Å². The number of hydrogen-bond donors (Lipinski definition) is 0. The van der Waals surface area contributed by atoms with Crippen LogP contribution in [-0.4, -0.2) is 4.98 Å². The Morgan fingerprint density at radius 1 is 0.356 bits per heavy atom. The minimum absolute atomic E-state index is 0.908. The Bertz CT molecular complexity index is 2530. The predicted molar refractivity (Wildman–Crippen MR) is 188 cm³/mol. The van der Waals surface area contributed by atoms with Gasteiger partial charge in [-0.3, -0.25) is 0 Å². The lowest BCUT2D eigenvalue weighted by molar-refractivity contribution is 0.669. The number of nitrogens with zero attached hydrogens (tertiary/aromatic N) is 1. The Kier molecular flexibility index (Phi) is 5.85. The first-order valence-electron chi connectivity index (χ1n) is 15.3. The van der Waals surface area contributed by atoms with E-state index in [-0.39, 0.29) is 0 Å². The lowest BCUT2D eigenvalue weighted by Gasteiger charge is -2.15. The van der Waals surface area contributed by atoms with Crippen LogP contribution in [0.25, 0.3) is 88.3 Å². The van der Waals surface area contributed by atoms with Crippen molar-refractivity contribution >= 4 is 43.6 Å². The predicted octanol–water partition coefficient (Wildman–Crippen LogP) is 12.0. The number of fused-ring (bicyclic) bond motifs is 5. The SMILES string of the molecule is c1ccc(-c2cc(-c3ccccc3)c3ccc(-c4ccc(-c5cccc6oc7ccccc7c56)c5ccccc45)cc3n2)cc1. The van der Waals surface area contributed by atoms with Crippen LogP contribution in [0.4, 0.5) is 0 Å². The van der Waals surface area contributed by atoms with Crippen LogP contribution in [0.2, 0.25) is 0 Å². The van der Waals surface area contributed by atoms with Crippen molar-refractivity contribution in [3.8, 4) is 44.6 Å². The maximum Gasteiger partial charge on any atom is 0.136 e. The first-order valence-corrected chi connectivity index (χ1v) is 15.3. The summed E-state index contributed by atoms with van der Waals surface area (Å²) in [7, 11) is 0. The first-order chi connectivity index (χ1) is 22.3. The molecule has 9 aromatic rings. The summed E-state index contributed by atoms with van der Waals surface area (Å²) in [4.78, 5) is 5.21. The molecular weight excluding hydrogens is 546 g/mol. The quantitative estimate of drug-likeness (QED) is 0.209. The molecule has 0 aliphatic carbocycles. The minimum atomic E-state index is 0.908. The molecule has 0 saturated carbocycles. The van der Waals surface area contributed by atoms with Crippen molar-refractivity contribution in [3.05, 3.63) is 164 Å². The van der Waals surface area contributed by atoms with Crippen molar-refractivity contribution in [2.24, 2.45) is 0 Å². The van der Waals surface area contributed by atoms with E-state index < -0.39 is 0 Å². The summed E-state index contributed by atoms with van der Waals surface area (Å²) in [5.41, 5.74) is 12.0. The van der Waals surface area contributed by atoms with Gasteiger partial charge in [0, 0.05) is 21.7 Å². The molecule has 9 rings (SSSR count). The van der Waals surface area contributed by atoms with Crippen LogP contribution in [0.1, 0.15) is 0 Å². The number of furan rings is 1. The monoisotopic (exact) mass is 573 g/mol. The van der Waals surface area contributed by atoms with Gasteiger partial charge < -0.3 is 4.42 Å². The standard InChI is InChI=1S/C43H27NO/c1-3-12-28(13-4-1)38-27-39(29-14-5-2-6-15-29)44-40-26-30(22-23-35(38)40)31-24-25-34(33-17-8-7-16-32(31)33)36-19-11-21-42-43(36)37-18-9-10-20-41(37)45-42/h1-27H. The van der Waals surface area contributed by atoms with Gasteiger partial charge in [-0.15, -0.1) is 0 Å². The summed E-state index contributed by atoms with van der Waals surface area (Å²) in [6.07, 6.45) is 0. The molecule has 0 spiro atoms. The Hall–Kier alpha value is -5.99. The van der Waals surface area contributed by atoms with Crippen molar-refractivity contribution in [1.82, 2.24) is 4.98 Å². The number of pyridine rings is 1. The molecule has 0 saturated heterocycles.